The predicted octanol–water partition coefficient (Wildman–Crippen LogP) is 3.51. The summed E-state index contributed by atoms with van der Waals surface area (Å²) in [5, 5.41) is 11.4. The van der Waals surface area contributed by atoms with Crippen molar-refractivity contribution < 1.29 is 14.3 Å². The molecule has 1 aliphatic rings. The summed E-state index contributed by atoms with van der Waals surface area (Å²) in [4.78, 5) is 16.5. The van der Waals surface area contributed by atoms with Gasteiger partial charge in [-0.2, -0.15) is 0 Å². The number of carbonyl (C=O) groups is 1. The van der Waals surface area contributed by atoms with Gasteiger partial charge >= 0.3 is 0 Å². The minimum Gasteiger partial charge on any atom is -0.473 e. The van der Waals surface area contributed by atoms with Crippen LogP contribution in [0.15, 0.2) is 16.6 Å². The molecule has 1 N–H and O–H groups in total. The normalized spacial score (nSPS) is 15.1. The molecule has 2 aromatic heterocycles. The van der Waals surface area contributed by atoms with Gasteiger partial charge in [-0.15, -0.1) is 10.2 Å². The lowest BCUT2D eigenvalue weighted by Gasteiger charge is -2.23. The highest BCUT2D eigenvalue weighted by Gasteiger charge is 2.19. The van der Waals surface area contributed by atoms with E-state index in [1.54, 1.807) is 17.8 Å². The van der Waals surface area contributed by atoms with Crippen molar-refractivity contribution in [3.63, 3.8) is 0 Å². The molecule has 134 valence electrons. The third-order valence-electron chi connectivity index (χ3n) is 3.41. The topological polar surface area (TPSA) is 86.2 Å². The molecule has 1 saturated heterocycles. The third kappa shape index (κ3) is 5.04. The van der Waals surface area contributed by atoms with E-state index in [2.05, 4.69) is 20.5 Å². The Labute approximate surface area is 158 Å². The van der Waals surface area contributed by atoms with Gasteiger partial charge in [0.25, 0.3) is 5.91 Å². The number of hydrogen-bond donors (Lipinski definition) is 1. The van der Waals surface area contributed by atoms with Gasteiger partial charge in [0, 0.05) is 19.0 Å². The Bertz CT molecular complexity index is 737. The van der Waals surface area contributed by atoms with Crippen molar-refractivity contribution in [2.75, 3.05) is 24.3 Å². The van der Waals surface area contributed by atoms with Crippen molar-refractivity contribution in [1.29, 1.82) is 0 Å². The molecule has 0 aromatic carbocycles. The highest BCUT2D eigenvalue weighted by Crippen LogP contribution is 2.27. The Morgan fingerprint density at radius 1 is 1.48 bits per heavy atom. The van der Waals surface area contributed by atoms with Crippen molar-refractivity contribution in [2.24, 2.45) is 0 Å². The minimum atomic E-state index is -0.337. The van der Waals surface area contributed by atoms with Crippen LogP contribution in [0.5, 0.6) is 5.88 Å². The van der Waals surface area contributed by atoms with E-state index in [1.807, 2.05) is 6.92 Å². The van der Waals surface area contributed by atoms with Crippen molar-refractivity contribution in [3.8, 4) is 5.88 Å². The van der Waals surface area contributed by atoms with Crippen LogP contribution < -0.4 is 10.1 Å². The average Bonchev–Trinajstić information content (AvgIpc) is 3.05. The zero-order chi connectivity index (χ0) is 17.6. The van der Waals surface area contributed by atoms with Gasteiger partial charge in [-0.1, -0.05) is 41.6 Å². The van der Waals surface area contributed by atoms with Crippen molar-refractivity contribution in [2.45, 2.75) is 30.2 Å². The molecule has 1 fully saturated rings. The Kier molecular flexibility index (Phi) is 6.46. The molecule has 0 aliphatic carbocycles. The van der Waals surface area contributed by atoms with Crippen LogP contribution in [0.3, 0.4) is 0 Å². The number of nitrogens with one attached hydrogen (secondary N) is 1. The fourth-order valence-electron chi connectivity index (χ4n) is 2.20. The fraction of sp³-hybridized carbons (Fsp3) is 0.467. The molecule has 0 radical (unpaired) electrons. The summed E-state index contributed by atoms with van der Waals surface area (Å²) < 4.78 is 11.9. The monoisotopic (exact) mass is 400 g/mol. The number of amides is 1. The Morgan fingerprint density at radius 3 is 3.00 bits per heavy atom. The van der Waals surface area contributed by atoms with E-state index in [-0.39, 0.29) is 12.0 Å². The molecule has 2 aromatic rings. The number of rotatable bonds is 6. The lowest BCUT2D eigenvalue weighted by atomic mass is 10.1. The molecular formula is C15H17ClN4O3S2. The smallest absolute Gasteiger partial charge is 0.259 e. The van der Waals surface area contributed by atoms with E-state index in [9.17, 15) is 4.79 Å². The third-order valence-corrected chi connectivity index (χ3v) is 5.54. The molecule has 0 saturated carbocycles. The van der Waals surface area contributed by atoms with Crippen LogP contribution in [0.4, 0.5) is 5.13 Å². The Morgan fingerprint density at radius 2 is 2.28 bits per heavy atom. The second-order valence-electron chi connectivity index (χ2n) is 5.20. The van der Waals surface area contributed by atoms with Gasteiger partial charge in [0.05, 0.1) is 18.8 Å². The first kappa shape index (κ1) is 18.4. The number of halogens is 1. The molecule has 0 atom stereocenters. The molecule has 10 heteroatoms. The molecule has 0 spiro atoms. The largest absolute Gasteiger partial charge is 0.473 e. The zero-order valence-corrected chi connectivity index (χ0v) is 15.9. The molecule has 3 rings (SSSR count). The van der Waals surface area contributed by atoms with E-state index in [0.717, 1.165) is 22.9 Å². The maximum Gasteiger partial charge on any atom is 0.259 e. The van der Waals surface area contributed by atoms with Crippen LogP contribution in [-0.4, -0.2) is 46.2 Å². The molecule has 3 heterocycles. The number of hydrogen-bond acceptors (Lipinski definition) is 8. The standard InChI is InChI=1S/C15H17ClN4O3S2/c1-2-24-15-20-19-14(25-15)18-12(21)9-7-11(16)13(17-8-9)23-10-3-5-22-6-4-10/h7-8,10H,2-6H2,1H3,(H,18,19,21). The SMILES string of the molecule is CCSc1nnc(NC(=O)c2cnc(OC3CCOCC3)c(Cl)c2)s1. The summed E-state index contributed by atoms with van der Waals surface area (Å²) >= 11 is 9.12. The van der Waals surface area contributed by atoms with Crippen LogP contribution in [0, 0.1) is 0 Å². The minimum absolute atomic E-state index is 0.0364. The van der Waals surface area contributed by atoms with Gasteiger partial charge < -0.3 is 9.47 Å². The highest BCUT2D eigenvalue weighted by molar-refractivity contribution is 8.01. The van der Waals surface area contributed by atoms with Crippen LogP contribution in [0.25, 0.3) is 0 Å². The first-order valence-electron chi connectivity index (χ1n) is 7.83. The van der Waals surface area contributed by atoms with E-state index < -0.39 is 0 Å². The van der Waals surface area contributed by atoms with Crippen molar-refractivity contribution in [1.82, 2.24) is 15.2 Å². The summed E-state index contributed by atoms with van der Waals surface area (Å²) in [7, 11) is 0. The van der Waals surface area contributed by atoms with Gasteiger partial charge in [-0.05, 0) is 11.8 Å². The number of carbonyl (C=O) groups excluding carboxylic acids is 1. The fourth-order valence-corrected chi connectivity index (χ4v) is 4.05. The van der Waals surface area contributed by atoms with Crippen molar-refractivity contribution >= 4 is 45.7 Å². The number of ether oxygens (including phenoxy) is 2. The lowest BCUT2D eigenvalue weighted by molar-refractivity contribution is 0.0238. The first-order valence-corrected chi connectivity index (χ1v) is 10.0. The van der Waals surface area contributed by atoms with E-state index in [1.165, 1.54) is 17.5 Å². The average molecular weight is 401 g/mol. The Hall–Kier alpha value is -1.42. The first-order chi connectivity index (χ1) is 12.2. The Balaban J connectivity index is 1.63. The molecule has 1 amide bonds. The molecular weight excluding hydrogens is 384 g/mol. The van der Waals surface area contributed by atoms with E-state index in [4.69, 9.17) is 21.1 Å². The second-order valence-corrected chi connectivity index (χ2v) is 8.10. The molecule has 0 bridgehead atoms. The van der Waals surface area contributed by atoms with Crippen LogP contribution in [-0.2, 0) is 4.74 Å². The summed E-state index contributed by atoms with van der Waals surface area (Å²) in [6.45, 7) is 3.37. The van der Waals surface area contributed by atoms with Crippen molar-refractivity contribution in [3.05, 3.63) is 22.8 Å². The number of nitrogens with zero attached hydrogens (tertiary/aromatic N) is 3. The summed E-state index contributed by atoms with van der Waals surface area (Å²) in [5.74, 6) is 0.898. The van der Waals surface area contributed by atoms with Crippen LogP contribution >= 0.6 is 34.7 Å². The van der Waals surface area contributed by atoms with Gasteiger partial charge in [0.2, 0.25) is 11.0 Å². The molecule has 1 aliphatic heterocycles. The zero-order valence-electron chi connectivity index (χ0n) is 13.5. The van der Waals surface area contributed by atoms with Gasteiger partial charge in [0.15, 0.2) is 4.34 Å². The summed E-state index contributed by atoms with van der Waals surface area (Å²) in [6.07, 6.45) is 3.08. The molecule has 7 nitrogen and oxygen atoms in total. The lowest BCUT2D eigenvalue weighted by Crippen LogP contribution is -2.26. The van der Waals surface area contributed by atoms with Crippen LogP contribution in [0.2, 0.25) is 5.02 Å². The van der Waals surface area contributed by atoms with E-state index in [0.29, 0.717) is 34.8 Å². The molecule has 0 unspecified atom stereocenters. The number of thioether (sulfide) groups is 1. The number of anilines is 1. The highest BCUT2D eigenvalue weighted by atomic mass is 35.5. The summed E-state index contributed by atoms with van der Waals surface area (Å²) in [6, 6.07) is 1.54. The number of pyridine rings is 1. The molecule has 25 heavy (non-hydrogen) atoms. The van der Waals surface area contributed by atoms with Gasteiger partial charge in [0.1, 0.15) is 11.1 Å². The quantitative estimate of drug-likeness (QED) is 0.586. The summed E-state index contributed by atoms with van der Waals surface area (Å²) in [5.41, 5.74) is 0.337. The second kappa shape index (κ2) is 8.79. The maximum absolute atomic E-state index is 12.3. The van der Waals surface area contributed by atoms with E-state index >= 15 is 0 Å². The van der Waals surface area contributed by atoms with Gasteiger partial charge in [-0.25, -0.2) is 4.98 Å². The maximum atomic E-state index is 12.3. The predicted molar refractivity (Wildman–Crippen MR) is 98.0 cm³/mol. The van der Waals surface area contributed by atoms with Gasteiger partial charge in [-0.3, -0.25) is 10.1 Å². The van der Waals surface area contributed by atoms with Crippen LogP contribution in [0.1, 0.15) is 30.1 Å². The number of aromatic nitrogens is 3.